The summed E-state index contributed by atoms with van der Waals surface area (Å²) in [5.41, 5.74) is 0.535. The molecule has 5 aliphatic rings. The van der Waals surface area contributed by atoms with Crippen LogP contribution < -0.4 is 19.7 Å². The zero-order valence-corrected chi connectivity index (χ0v) is 18.3. The summed E-state index contributed by atoms with van der Waals surface area (Å²) in [6.45, 7) is 1.51. The molecule has 8 nitrogen and oxygen atoms in total. The van der Waals surface area contributed by atoms with Crippen molar-refractivity contribution in [2.45, 2.75) is 24.4 Å². The summed E-state index contributed by atoms with van der Waals surface area (Å²) in [6, 6.07) is 10.2. The number of imide groups is 1. The van der Waals surface area contributed by atoms with Gasteiger partial charge in [-0.3, -0.25) is 19.3 Å². The number of hydrogen-bond acceptors (Lipinski definition) is 6. The normalized spacial score (nSPS) is 31.7. The smallest absolute Gasteiger partial charge is 0.250 e. The van der Waals surface area contributed by atoms with Gasteiger partial charge in [0.05, 0.1) is 17.5 Å². The lowest BCUT2D eigenvalue weighted by Crippen LogP contribution is -2.54. The molecule has 0 unspecified atom stereocenters. The summed E-state index contributed by atoms with van der Waals surface area (Å²) >= 11 is 6.33. The van der Waals surface area contributed by atoms with Crippen molar-refractivity contribution in [3.8, 4) is 11.5 Å². The van der Waals surface area contributed by atoms with Crippen LogP contribution in [0, 0.1) is 11.8 Å². The Bertz CT molecular complexity index is 1260. The van der Waals surface area contributed by atoms with Crippen molar-refractivity contribution in [1.82, 2.24) is 4.90 Å². The second-order valence-corrected chi connectivity index (χ2v) is 9.59. The van der Waals surface area contributed by atoms with Crippen molar-refractivity contribution in [3.63, 3.8) is 0 Å². The number of hydrogen-bond donors (Lipinski definition) is 1. The molecule has 33 heavy (non-hydrogen) atoms. The van der Waals surface area contributed by atoms with Crippen molar-refractivity contribution in [2.75, 3.05) is 30.0 Å². The van der Waals surface area contributed by atoms with Crippen LogP contribution >= 0.6 is 11.6 Å². The molecule has 0 bridgehead atoms. The molecule has 9 heteroatoms. The Morgan fingerprint density at radius 3 is 2.67 bits per heavy atom. The standard InChI is InChI=1S/C24H20ClN3O5/c25-12-3-5-15-14(10-12)24(23(31)26-15)20-19(16-2-1-7-27(16)24)21(29)28(22(20)30)13-4-6-17-18(11-13)33-9-8-32-17/h3-6,10-11,16,19-20H,1-2,7-9H2,(H,26,31)/t16-,19+,20+,24+/m0/s1. The number of halogens is 1. The zero-order chi connectivity index (χ0) is 22.5. The average molecular weight is 466 g/mol. The first kappa shape index (κ1) is 19.4. The highest BCUT2D eigenvalue weighted by molar-refractivity contribution is 6.31. The number of anilines is 2. The third-order valence-corrected chi connectivity index (χ3v) is 7.97. The van der Waals surface area contributed by atoms with Crippen molar-refractivity contribution >= 4 is 40.7 Å². The van der Waals surface area contributed by atoms with Crippen LogP contribution in [-0.2, 0) is 19.9 Å². The van der Waals surface area contributed by atoms with Crippen molar-refractivity contribution < 1.29 is 23.9 Å². The predicted octanol–water partition coefficient (Wildman–Crippen LogP) is 2.54. The summed E-state index contributed by atoms with van der Waals surface area (Å²) < 4.78 is 11.2. The summed E-state index contributed by atoms with van der Waals surface area (Å²) in [5.74, 6) is -1.21. The third kappa shape index (κ3) is 2.27. The Morgan fingerprint density at radius 1 is 1.00 bits per heavy atom. The molecule has 0 aromatic heterocycles. The Morgan fingerprint density at radius 2 is 1.82 bits per heavy atom. The van der Waals surface area contributed by atoms with Crippen LogP contribution in [0.1, 0.15) is 18.4 Å². The van der Waals surface area contributed by atoms with E-state index in [1.54, 1.807) is 36.4 Å². The van der Waals surface area contributed by atoms with Gasteiger partial charge in [0.1, 0.15) is 18.8 Å². The Balaban J connectivity index is 1.39. The van der Waals surface area contributed by atoms with E-state index in [2.05, 4.69) is 10.2 Å². The van der Waals surface area contributed by atoms with E-state index in [9.17, 15) is 14.4 Å². The van der Waals surface area contributed by atoms with E-state index < -0.39 is 17.4 Å². The largest absolute Gasteiger partial charge is 0.486 e. The second-order valence-electron chi connectivity index (χ2n) is 9.16. The number of carbonyl (C=O) groups is 3. The molecule has 4 atom stereocenters. The molecule has 1 spiro atoms. The Kier molecular flexibility index (Phi) is 3.81. The van der Waals surface area contributed by atoms with Gasteiger partial charge in [0, 0.05) is 28.4 Å². The first-order valence-electron chi connectivity index (χ1n) is 11.2. The molecule has 3 amide bonds. The SMILES string of the molecule is O=C1[C@@H]2[C@@H]3CCCN3[C@@]3(C(=O)Nc4ccc(Cl)cc43)[C@H]2C(=O)N1c1ccc2c(c1)OCCO2. The predicted molar refractivity (Wildman–Crippen MR) is 118 cm³/mol. The molecule has 168 valence electrons. The first-order valence-corrected chi connectivity index (χ1v) is 11.6. The monoisotopic (exact) mass is 465 g/mol. The molecule has 3 saturated heterocycles. The van der Waals surface area contributed by atoms with Crippen molar-refractivity contribution in [3.05, 3.63) is 47.0 Å². The fourth-order valence-corrected chi connectivity index (χ4v) is 6.77. The number of amides is 3. The van der Waals surface area contributed by atoms with Gasteiger partial charge in [0.25, 0.3) is 0 Å². The van der Waals surface area contributed by atoms with Crippen molar-refractivity contribution in [1.29, 1.82) is 0 Å². The van der Waals surface area contributed by atoms with Crippen LogP contribution in [0.3, 0.4) is 0 Å². The highest BCUT2D eigenvalue weighted by atomic mass is 35.5. The highest BCUT2D eigenvalue weighted by Gasteiger charge is 2.74. The molecule has 1 N–H and O–H groups in total. The lowest BCUT2D eigenvalue weighted by molar-refractivity contribution is -0.135. The quantitative estimate of drug-likeness (QED) is 0.651. The first-order chi connectivity index (χ1) is 16.0. The average Bonchev–Trinajstić information content (AvgIpc) is 3.52. The molecule has 7 rings (SSSR count). The third-order valence-electron chi connectivity index (χ3n) is 7.74. The molecule has 5 heterocycles. The lowest BCUT2D eigenvalue weighted by Gasteiger charge is -2.36. The molecular formula is C24H20ClN3O5. The van der Waals surface area contributed by atoms with E-state index in [-0.39, 0.29) is 23.8 Å². The summed E-state index contributed by atoms with van der Waals surface area (Å²) in [7, 11) is 0. The number of benzene rings is 2. The van der Waals surface area contributed by atoms with E-state index in [1.807, 2.05) is 0 Å². The van der Waals surface area contributed by atoms with E-state index in [4.69, 9.17) is 21.1 Å². The van der Waals surface area contributed by atoms with E-state index in [0.29, 0.717) is 53.2 Å². The fraction of sp³-hybridized carbons (Fsp3) is 0.375. The molecule has 5 aliphatic heterocycles. The van der Waals surface area contributed by atoms with E-state index in [1.165, 1.54) is 4.90 Å². The number of nitrogens with one attached hydrogen (secondary N) is 1. The summed E-state index contributed by atoms with van der Waals surface area (Å²) in [6.07, 6.45) is 1.63. The molecule has 3 fully saturated rings. The maximum atomic E-state index is 14.0. The van der Waals surface area contributed by atoms with Gasteiger partial charge in [-0.05, 0) is 49.7 Å². The molecule has 0 saturated carbocycles. The number of fused-ring (bicyclic) bond motifs is 8. The van der Waals surface area contributed by atoms with Crippen LogP contribution in [0.15, 0.2) is 36.4 Å². The van der Waals surface area contributed by atoms with Gasteiger partial charge in [-0.2, -0.15) is 0 Å². The van der Waals surface area contributed by atoms with Crippen molar-refractivity contribution in [2.24, 2.45) is 11.8 Å². The Labute approximate surface area is 194 Å². The van der Waals surface area contributed by atoms with Gasteiger partial charge in [0.2, 0.25) is 17.7 Å². The highest BCUT2D eigenvalue weighted by Crippen LogP contribution is 2.61. The minimum Gasteiger partial charge on any atom is -0.486 e. The second kappa shape index (κ2) is 6.48. The fourth-order valence-electron chi connectivity index (χ4n) is 6.60. The van der Waals surface area contributed by atoms with Gasteiger partial charge in [0.15, 0.2) is 11.5 Å². The molecule has 2 aromatic rings. The number of ether oxygens (including phenoxy) is 2. The summed E-state index contributed by atoms with van der Waals surface area (Å²) in [5, 5.41) is 3.45. The van der Waals surface area contributed by atoms with E-state index in [0.717, 1.165) is 12.8 Å². The maximum absolute atomic E-state index is 14.0. The van der Waals surface area contributed by atoms with Gasteiger partial charge in [-0.1, -0.05) is 11.6 Å². The lowest BCUT2D eigenvalue weighted by atomic mass is 9.75. The number of nitrogens with zero attached hydrogens (tertiary/aromatic N) is 2. The van der Waals surface area contributed by atoms with Crippen LogP contribution in [0.5, 0.6) is 11.5 Å². The zero-order valence-electron chi connectivity index (χ0n) is 17.5. The summed E-state index contributed by atoms with van der Waals surface area (Å²) in [4.78, 5) is 44.7. The molecular weight excluding hydrogens is 446 g/mol. The van der Waals surface area contributed by atoms with Crippen LogP contribution in [0.25, 0.3) is 0 Å². The minimum absolute atomic E-state index is 0.177. The number of rotatable bonds is 1. The maximum Gasteiger partial charge on any atom is 0.250 e. The Hall–Kier alpha value is -3.10. The van der Waals surface area contributed by atoms with Gasteiger partial charge < -0.3 is 14.8 Å². The topological polar surface area (TPSA) is 88.2 Å². The van der Waals surface area contributed by atoms with Crippen LogP contribution in [0.2, 0.25) is 5.02 Å². The van der Waals surface area contributed by atoms with Crippen LogP contribution in [0.4, 0.5) is 11.4 Å². The molecule has 0 aliphatic carbocycles. The van der Waals surface area contributed by atoms with E-state index >= 15 is 0 Å². The van der Waals surface area contributed by atoms with Gasteiger partial charge >= 0.3 is 0 Å². The van der Waals surface area contributed by atoms with Gasteiger partial charge in [-0.15, -0.1) is 0 Å². The van der Waals surface area contributed by atoms with Crippen LogP contribution in [-0.4, -0.2) is 48.4 Å². The van der Waals surface area contributed by atoms with Gasteiger partial charge in [-0.25, -0.2) is 4.90 Å². The number of carbonyl (C=O) groups excluding carboxylic acids is 3. The molecule has 2 aromatic carbocycles. The molecule has 0 radical (unpaired) electrons. The minimum atomic E-state index is -1.23.